The van der Waals surface area contributed by atoms with E-state index in [1.165, 1.54) is 11.0 Å². The Bertz CT molecular complexity index is 1200. The third kappa shape index (κ3) is 3.97. The van der Waals surface area contributed by atoms with Crippen molar-refractivity contribution in [2.75, 3.05) is 25.5 Å². The molecule has 1 N–H and O–H groups in total. The minimum atomic E-state index is -0.405. The molecule has 7 heteroatoms. The molecule has 0 saturated carbocycles. The van der Waals surface area contributed by atoms with Gasteiger partial charge in [0.1, 0.15) is 0 Å². The molecule has 32 heavy (non-hydrogen) atoms. The molecule has 0 radical (unpaired) electrons. The highest BCUT2D eigenvalue weighted by Gasteiger charge is 2.37. The van der Waals surface area contributed by atoms with E-state index in [2.05, 4.69) is 10.2 Å². The van der Waals surface area contributed by atoms with Gasteiger partial charge in [-0.25, -0.2) is 4.90 Å². The first kappa shape index (κ1) is 21.9. The molecule has 0 fully saturated rings. The molecule has 3 aromatic rings. The second kappa shape index (κ2) is 8.68. The number of aryl methyl sites for hydroxylation is 2. The van der Waals surface area contributed by atoms with Crippen LogP contribution in [0.2, 0.25) is 0 Å². The number of anilines is 1. The Labute approximate surface area is 191 Å². The summed E-state index contributed by atoms with van der Waals surface area (Å²) in [7, 11) is 3.94. The first-order chi connectivity index (χ1) is 15.3. The van der Waals surface area contributed by atoms with Gasteiger partial charge in [-0.3, -0.25) is 14.4 Å². The average molecular weight is 448 g/mol. The van der Waals surface area contributed by atoms with Gasteiger partial charge in [0.05, 0.1) is 22.9 Å². The lowest BCUT2D eigenvalue weighted by atomic mass is 10.1. The summed E-state index contributed by atoms with van der Waals surface area (Å²) in [5, 5.41) is 4.97. The van der Waals surface area contributed by atoms with Crippen LogP contribution in [0.25, 0.3) is 0 Å². The Morgan fingerprint density at radius 2 is 1.78 bits per heavy atom. The van der Waals surface area contributed by atoms with Gasteiger partial charge in [0.15, 0.2) is 0 Å². The van der Waals surface area contributed by atoms with Crippen molar-refractivity contribution in [3.8, 4) is 0 Å². The van der Waals surface area contributed by atoms with Crippen molar-refractivity contribution in [3.05, 3.63) is 86.6 Å². The number of imide groups is 1. The molecule has 6 nitrogen and oxygen atoms in total. The van der Waals surface area contributed by atoms with E-state index >= 15 is 0 Å². The van der Waals surface area contributed by atoms with E-state index in [4.69, 9.17) is 0 Å². The highest BCUT2D eigenvalue weighted by atomic mass is 32.1. The minimum Gasteiger partial charge on any atom is -0.350 e. The second-order valence-electron chi connectivity index (χ2n) is 8.20. The summed E-state index contributed by atoms with van der Waals surface area (Å²) in [6.07, 6.45) is 0. The Balaban J connectivity index is 1.56. The lowest BCUT2D eigenvalue weighted by molar-refractivity contribution is 0.0922. The zero-order chi connectivity index (χ0) is 23.0. The van der Waals surface area contributed by atoms with Gasteiger partial charge >= 0.3 is 0 Å². The molecule has 4 rings (SSSR count). The van der Waals surface area contributed by atoms with Crippen LogP contribution >= 0.6 is 11.3 Å². The summed E-state index contributed by atoms with van der Waals surface area (Å²) in [5.74, 6) is -1.05. The predicted molar refractivity (Wildman–Crippen MR) is 127 cm³/mol. The lowest BCUT2D eigenvalue weighted by Gasteiger charge is -2.23. The quantitative estimate of drug-likeness (QED) is 0.575. The highest BCUT2D eigenvalue weighted by Crippen LogP contribution is 2.32. The van der Waals surface area contributed by atoms with Gasteiger partial charge < -0.3 is 10.2 Å². The normalized spacial score (nSPS) is 14.1. The highest BCUT2D eigenvalue weighted by molar-refractivity contribution is 7.10. The molecule has 1 unspecified atom stereocenters. The van der Waals surface area contributed by atoms with Crippen molar-refractivity contribution < 1.29 is 14.4 Å². The maximum atomic E-state index is 13.1. The number of carbonyl (C=O) groups is 3. The molecule has 3 amide bonds. The van der Waals surface area contributed by atoms with Crippen molar-refractivity contribution >= 4 is 34.7 Å². The molecule has 164 valence electrons. The van der Waals surface area contributed by atoms with Crippen LogP contribution in [0.15, 0.2) is 53.9 Å². The Morgan fingerprint density at radius 3 is 2.47 bits per heavy atom. The van der Waals surface area contributed by atoms with E-state index in [0.717, 1.165) is 16.0 Å². The number of carbonyl (C=O) groups excluding carboxylic acids is 3. The molecular weight excluding hydrogens is 422 g/mol. The Kier molecular flexibility index (Phi) is 5.95. The van der Waals surface area contributed by atoms with Gasteiger partial charge in [-0.05, 0) is 74.8 Å². The van der Waals surface area contributed by atoms with Crippen LogP contribution in [0.3, 0.4) is 0 Å². The summed E-state index contributed by atoms with van der Waals surface area (Å²) in [6.45, 7) is 4.22. The molecule has 2 heterocycles. The second-order valence-corrected chi connectivity index (χ2v) is 9.18. The number of rotatable bonds is 6. The average Bonchev–Trinajstić information content (AvgIpc) is 3.37. The summed E-state index contributed by atoms with van der Waals surface area (Å²) in [6, 6.07) is 14.4. The van der Waals surface area contributed by atoms with E-state index < -0.39 is 5.91 Å². The first-order valence-electron chi connectivity index (χ1n) is 10.4. The van der Waals surface area contributed by atoms with E-state index in [1.807, 2.05) is 63.7 Å². The fourth-order valence-corrected chi connectivity index (χ4v) is 4.79. The molecule has 1 aliphatic heterocycles. The van der Waals surface area contributed by atoms with Gasteiger partial charge in [0, 0.05) is 17.0 Å². The molecule has 1 atom stereocenters. The van der Waals surface area contributed by atoms with E-state index in [9.17, 15) is 14.4 Å². The number of nitrogens with zero attached hydrogens (tertiary/aromatic N) is 2. The monoisotopic (exact) mass is 447 g/mol. The van der Waals surface area contributed by atoms with Crippen molar-refractivity contribution in [2.24, 2.45) is 0 Å². The number of amides is 3. The van der Waals surface area contributed by atoms with Crippen LogP contribution in [-0.2, 0) is 0 Å². The van der Waals surface area contributed by atoms with Crippen LogP contribution < -0.4 is 10.2 Å². The maximum absolute atomic E-state index is 13.1. The predicted octanol–water partition coefficient (Wildman–Crippen LogP) is 4.20. The van der Waals surface area contributed by atoms with E-state index in [1.54, 1.807) is 23.5 Å². The molecule has 0 aliphatic carbocycles. The van der Waals surface area contributed by atoms with Crippen LogP contribution in [-0.4, -0.2) is 43.3 Å². The third-order valence-electron chi connectivity index (χ3n) is 5.71. The number of nitrogens with one attached hydrogen (secondary N) is 1. The van der Waals surface area contributed by atoms with Crippen molar-refractivity contribution in [1.82, 2.24) is 10.2 Å². The van der Waals surface area contributed by atoms with Crippen molar-refractivity contribution in [3.63, 3.8) is 0 Å². The molecule has 0 spiro atoms. The van der Waals surface area contributed by atoms with Crippen LogP contribution in [0, 0.1) is 13.8 Å². The molecular formula is C25H25N3O3S. The van der Waals surface area contributed by atoms with Gasteiger partial charge in [-0.1, -0.05) is 18.2 Å². The van der Waals surface area contributed by atoms with Crippen LogP contribution in [0.4, 0.5) is 5.69 Å². The largest absolute Gasteiger partial charge is 0.350 e. The van der Waals surface area contributed by atoms with Crippen LogP contribution in [0.5, 0.6) is 0 Å². The van der Waals surface area contributed by atoms with E-state index in [-0.39, 0.29) is 23.4 Å². The molecule has 1 aliphatic rings. The summed E-state index contributed by atoms with van der Waals surface area (Å²) in [4.78, 5) is 43.4. The minimum absolute atomic E-state index is 0.0522. The Morgan fingerprint density at radius 1 is 1.03 bits per heavy atom. The van der Waals surface area contributed by atoms with Crippen molar-refractivity contribution in [2.45, 2.75) is 19.9 Å². The summed E-state index contributed by atoms with van der Waals surface area (Å²) >= 11 is 1.64. The first-order valence-corrected chi connectivity index (χ1v) is 11.2. The Hall–Kier alpha value is -3.29. The number of hydrogen-bond donors (Lipinski definition) is 1. The standard InChI is InChI=1S/C25H25N3O3S/c1-15-7-8-16(2)20(12-15)28-24(30)18-10-9-17(13-19(18)25(28)31)23(29)26-14-21(27(3)4)22-6-5-11-32-22/h5-13,21H,14H2,1-4H3,(H,26,29). The van der Waals surface area contributed by atoms with Gasteiger partial charge in [-0.2, -0.15) is 0 Å². The van der Waals surface area contributed by atoms with Gasteiger partial charge in [-0.15, -0.1) is 11.3 Å². The number of thiophene rings is 1. The third-order valence-corrected chi connectivity index (χ3v) is 6.68. The molecule has 2 aromatic carbocycles. The fraction of sp³-hybridized carbons (Fsp3) is 0.240. The number of likely N-dealkylation sites (N-methyl/N-ethyl adjacent to an activating group) is 1. The number of hydrogen-bond acceptors (Lipinski definition) is 5. The topological polar surface area (TPSA) is 69.7 Å². The van der Waals surface area contributed by atoms with Crippen molar-refractivity contribution in [1.29, 1.82) is 0 Å². The number of fused-ring (bicyclic) bond motifs is 1. The SMILES string of the molecule is Cc1ccc(C)c(N2C(=O)c3ccc(C(=O)NCC(c4cccs4)N(C)C)cc3C2=O)c1. The van der Waals surface area contributed by atoms with Crippen LogP contribution in [0.1, 0.15) is 53.1 Å². The molecule has 0 saturated heterocycles. The summed E-state index contributed by atoms with van der Waals surface area (Å²) in [5.41, 5.74) is 3.31. The molecule has 1 aromatic heterocycles. The zero-order valence-corrected chi connectivity index (χ0v) is 19.3. The van der Waals surface area contributed by atoms with E-state index in [0.29, 0.717) is 23.4 Å². The van der Waals surface area contributed by atoms with Gasteiger partial charge in [0.25, 0.3) is 17.7 Å². The molecule has 0 bridgehead atoms. The summed E-state index contributed by atoms with van der Waals surface area (Å²) < 4.78 is 0. The van der Waals surface area contributed by atoms with Gasteiger partial charge in [0.2, 0.25) is 0 Å². The maximum Gasteiger partial charge on any atom is 0.266 e. The fourth-order valence-electron chi connectivity index (χ4n) is 3.87. The zero-order valence-electron chi connectivity index (χ0n) is 18.5. The number of benzene rings is 2. The smallest absolute Gasteiger partial charge is 0.266 e. The lowest BCUT2D eigenvalue weighted by Crippen LogP contribution is -2.34.